The third kappa shape index (κ3) is 0.756. The zero-order valence-electron chi connectivity index (χ0n) is 6.09. The standard InChI is InChI=1S/C10H12/c1-8-6-7-9-4-2-3-5-10(8)9/h3,5-7,9-10H,1-2,4H2/t9-,10+/m1/s1. The predicted molar refractivity (Wildman–Crippen MR) is 43.6 cm³/mol. The van der Waals surface area contributed by atoms with E-state index in [0.717, 1.165) is 5.92 Å². The number of rotatable bonds is 0. The minimum absolute atomic E-state index is 0.647. The number of allylic oxidation sites excluding steroid dienone is 5. The van der Waals surface area contributed by atoms with E-state index in [4.69, 9.17) is 0 Å². The Morgan fingerprint density at radius 3 is 3.10 bits per heavy atom. The lowest BCUT2D eigenvalue weighted by atomic mass is 9.85. The molecule has 0 aromatic rings. The second-order valence-electron chi connectivity index (χ2n) is 3.13. The first-order valence-electron chi connectivity index (χ1n) is 3.91. The van der Waals surface area contributed by atoms with Crippen molar-refractivity contribution in [2.75, 3.05) is 0 Å². The summed E-state index contributed by atoms with van der Waals surface area (Å²) in [5.41, 5.74) is 1.29. The molecule has 10 heavy (non-hydrogen) atoms. The first-order chi connectivity index (χ1) is 4.88. The summed E-state index contributed by atoms with van der Waals surface area (Å²) in [6.07, 6.45) is 11.6. The van der Waals surface area contributed by atoms with Crippen LogP contribution in [0.25, 0.3) is 0 Å². The fraction of sp³-hybridized carbons (Fsp3) is 0.400. The summed E-state index contributed by atoms with van der Waals surface area (Å²) >= 11 is 0. The maximum Gasteiger partial charge on any atom is 0.00750 e. The zero-order chi connectivity index (χ0) is 6.97. The van der Waals surface area contributed by atoms with Gasteiger partial charge in [0.1, 0.15) is 0 Å². The van der Waals surface area contributed by atoms with E-state index in [2.05, 4.69) is 30.9 Å². The molecule has 2 atom stereocenters. The molecule has 0 heterocycles. The largest absolute Gasteiger partial charge is 0.0952 e. The van der Waals surface area contributed by atoms with E-state index >= 15 is 0 Å². The monoisotopic (exact) mass is 132 g/mol. The summed E-state index contributed by atoms with van der Waals surface area (Å²) in [5, 5.41) is 0. The molecule has 2 aliphatic carbocycles. The SMILES string of the molecule is C=C1C=C[C@H]2CCC=C[C@@H]12. The smallest absolute Gasteiger partial charge is 0.00750 e. The fourth-order valence-corrected chi connectivity index (χ4v) is 1.83. The summed E-state index contributed by atoms with van der Waals surface area (Å²) in [4.78, 5) is 0. The Kier molecular flexibility index (Phi) is 1.26. The maximum absolute atomic E-state index is 4.00. The van der Waals surface area contributed by atoms with Gasteiger partial charge in [-0.15, -0.1) is 0 Å². The molecule has 0 saturated carbocycles. The van der Waals surface area contributed by atoms with Crippen molar-refractivity contribution in [2.24, 2.45) is 11.8 Å². The van der Waals surface area contributed by atoms with Crippen molar-refractivity contribution < 1.29 is 0 Å². The van der Waals surface area contributed by atoms with Crippen molar-refractivity contribution in [3.63, 3.8) is 0 Å². The van der Waals surface area contributed by atoms with Crippen molar-refractivity contribution in [3.05, 3.63) is 36.5 Å². The van der Waals surface area contributed by atoms with E-state index in [1.807, 2.05) is 0 Å². The number of hydrogen-bond donors (Lipinski definition) is 0. The summed E-state index contributed by atoms with van der Waals surface area (Å²) in [6, 6.07) is 0. The molecule has 2 aliphatic rings. The van der Waals surface area contributed by atoms with Crippen molar-refractivity contribution in [1.82, 2.24) is 0 Å². The summed E-state index contributed by atoms with van der Waals surface area (Å²) in [5.74, 6) is 1.42. The Morgan fingerprint density at radius 2 is 2.30 bits per heavy atom. The molecular formula is C10H12. The molecule has 52 valence electrons. The van der Waals surface area contributed by atoms with Crippen LogP contribution >= 0.6 is 0 Å². The highest BCUT2D eigenvalue weighted by molar-refractivity contribution is 5.32. The van der Waals surface area contributed by atoms with E-state index in [9.17, 15) is 0 Å². The quantitative estimate of drug-likeness (QED) is 0.444. The first kappa shape index (κ1) is 5.96. The third-order valence-electron chi connectivity index (χ3n) is 2.46. The van der Waals surface area contributed by atoms with Gasteiger partial charge in [-0.05, 0) is 24.3 Å². The molecule has 0 aromatic carbocycles. The maximum atomic E-state index is 4.00. The van der Waals surface area contributed by atoms with Crippen LogP contribution in [0.5, 0.6) is 0 Å². The van der Waals surface area contributed by atoms with E-state index in [1.54, 1.807) is 0 Å². The van der Waals surface area contributed by atoms with Crippen LogP contribution in [-0.2, 0) is 0 Å². The zero-order valence-corrected chi connectivity index (χ0v) is 6.09. The van der Waals surface area contributed by atoms with Gasteiger partial charge in [0.05, 0.1) is 0 Å². The minimum Gasteiger partial charge on any atom is -0.0952 e. The molecule has 0 aliphatic heterocycles. The topological polar surface area (TPSA) is 0 Å². The Morgan fingerprint density at radius 1 is 1.40 bits per heavy atom. The molecule has 0 aromatic heterocycles. The highest BCUT2D eigenvalue weighted by Gasteiger charge is 2.24. The van der Waals surface area contributed by atoms with Gasteiger partial charge >= 0.3 is 0 Å². The normalized spacial score (nSPS) is 36.6. The summed E-state index contributed by atoms with van der Waals surface area (Å²) in [6.45, 7) is 4.00. The summed E-state index contributed by atoms with van der Waals surface area (Å²) in [7, 11) is 0. The van der Waals surface area contributed by atoms with Gasteiger partial charge in [0.25, 0.3) is 0 Å². The summed E-state index contributed by atoms with van der Waals surface area (Å²) < 4.78 is 0. The third-order valence-corrected chi connectivity index (χ3v) is 2.46. The van der Waals surface area contributed by atoms with Crippen LogP contribution in [0.4, 0.5) is 0 Å². The lowest BCUT2D eigenvalue weighted by Gasteiger charge is -2.19. The highest BCUT2D eigenvalue weighted by atomic mass is 14.3. The minimum atomic E-state index is 0.647. The average molecular weight is 132 g/mol. The van der Waals surface area contributed by atoms with Crippen LogP contribution in [-0.4, -0.2) is 0 Å². The second kappa shape index (κ2) is 2.12. The van der Waals surface area contributed by atoms with Crippen LogP contribution in [0.15, 0.2) is 36.5 Å². The molecule has 0 N–H and O–H groups in total. The van der Waals surface area contributed by atoms with E-state index in [1.165, 1.54) is 18.4 Å². The molecule has 0 spiro atoms. The van der Waals surface area contributed by atoms with Crippen molar-refractivity contribution in [1.29, 1.82) is 0 Å². The Bertz CT molecular complexity index is 208. The van der Waals surface area contributed by atoms with Crippen molar-refractivity contribution in [2.45, 2.75) is 12.8 Å². The van der Waals surface area contributed by atoms with Gasteiger partial charge in [-0.25, -0.2) is 0 Å². The fourth-order valence-electron chi connectivity index (χ4n) is 1.83. The van der Waals surface area contributed by atoms with Crippen LogP contribution in [0.2, 0.25) is 0 Å². The Labute approximate surface area is 61.9 Å². The Balaban J connectivity index is 2.27. The van der Waals surface area contributed by atoms with Crippen LogP contribution in [0.3, 0.4) is 0 Å². The molecule has 0 heteroatoms. The van der Waals surface area contributed by atoms with E-state index < -0.39 is 0 Å². The lowest BCUT2D eigenvalue weighted by Crippen LogP contribution is -2.09. The van der Waals surface area contributed by atoms with Gasteiger partial charge in [0, 0.05) is 5.92 Å². The molecule has 0 radical (unpaired) electrons. The van der Waals surface area contributed by atoms with E-state index in [0.29, 0.717) is 5.92 Å². The molecule has 0 nitrogen and oxygen atoms in total. The van der Waals surface area contributed by atoms with Crippen molar-refractivity contribution >= 4 is 0 Å². The van der Waals surface area contributed by atoms with E-state index in [-0.39, 0.29) is 0 Å². The lowest BCUT2D eigenvalue weighted by molar-refractivity contribution is 0.504. The second-order valence-corrected chi connectivity index (χ2v) is 3.13. The Hall–Kier alpha value is -0.780. The van der Waals surface area contributed by atoms with Gasteiger partial charge in [-0.3, -0.25) is 0 Å². The molecule has 0 saturated heterocycles. The van der Waals surface area contributed by atoms with Gasteiger partial charge < -0.3 is 0 Å². The molecule has 0 bridgehead atoms. The molecular weight excluding hydrogens is 120 g/mol. The van der Waals surface area contributed by atoms with Crippen LogP contribution in [0.1, 0.15) is 12.8 Å². The molecule has 0 unspecified atom stereocenters. The molecule has 0 amide bonds. The van der Waals surface area contributed by atoms with Crippen LogP contribution in [0, 0.1) is 11.8 Å². The molecule has 0 fully saturated rings. The average Bonchev–Trinajstić information content (AvgIpc) is 2.34. The first-order valence-corrected chi connectivity index (χ1v) is 3.91. The molecule has 2 rings (SSSR count). The highest BCUT2D eigenvalue weighted by Crippen LogP contribution is 2.36. The van der Waals surface area contributed by atoms with Gasteiger partial charge in [0.15, 0.2) is 0 Å². The van der Waals surface area contributed by atoms with Crippen molar-refractivity contribution in [3.8, 4) is 0 Å². The van der Waals surface area contributed by atoms with Gasteiger partial charge in [-0.1, -0.05) is 30.9 Å². The van der Waals surface area contributed by atoms with Crippen LogP contribution < -0.4 is 0 Å². The number of hydrogen-bond acceptors (Lipinski definition) is 0. The van der Waals surface area contributed by atoms with Gasteiger partial charge in [-0.2, -0.15) is 0 Å². The number of fused-ring (bicyclic) bond motifs is 1. The van der Waals surface area contributed by atoms with Gasteiger partial charge in [0.2, 0.25) is 0 Å². The predicted octanol–water partition coefficient (Wildman–Crippen LogP) is 2.69.